The molecule has 3 aromatic carbocycles. The second kappa shape index (κ2) is 8.98. The van der Waals surface area contributed by atoms with E-state index in [0.717, 1.165) is 11.1 Å². The van der Waals surface area contributed by atoms with Crippen molar-refractivity contribution in [1.29, 1.82) is 0 Å². The minimum atomic E-state index is 0.386. The Morgan fingerprint density at radius 2 is 1.00 bits per heavy atom. The predicted octanol–water partition coefficient (Wildman–Crippen LogP) is 4.23. The van der Waals surface area contributed by atoms with E-state index < -0.39 is 0 Å². The lowest BCUT2D eigenvalue weighted by atomic mass is 10.2. The van der Waals surface area contributed by atoms with Gasteiger partial charge in [-0.05, 0) is 47.5 Å². The third-order valence-electron chi connectivity index (χ3n) is 3.69. The van der Waals surface area contributed by atoms with E-state index in [-0.39, 0.29) is 0 Å². The second-order valence-electron chi connectivity index (χ2n) is 5.64. The quantitative estimate of drug-likeness (QED) is 0.454. The highest BCUT2D eigenvalue weighted by molar-refractivity contribution is 5.40. The molecule has 0 fully saturated rings. The molecule has 0 heterocycles. The first kappa shape index (κ1) is 17.9. The molecule has 3 aromatic rings. The summed E-state index contributed by atoms with van der Waals surface area (Å²) < 4.78 is 11.7. The molecule has 0 aliphatic carbocycles. The number of nitrogens with one attached hydrogen (secondary N) is 2. The summed E-state index contributed by atoms with van der Waals surface area (Å²) >= 11 is 0. The Morgan fingerprint density at radius 3 is 1.38 bits per heavy atom. The Balaban J connectivity index is 1.65. The normalized spacial score (nSPS) is 10.5. The Bertz CT molecular complexity index is 753. The number of hydroxylamine groups is 2. The molecule has 0 saturated heterocycles. The van der Waals surface area contributed by atoms with Crippen LogP contribution in [-0.2, 0) is 13.1 Å². The van der Waals surface area contributed by atoms with Crippen molar-refractivity contribution in [2.24, 2.45) is 0 Å². The van der Waals surface area contributed by atoms with Crippen molar-refractivity contribution >= 4 is 0 Å². The van der Waals surface area contributed by atoms with Gasteiger partial charge in [-0.3, -0.25) is 0 Å². The summed E-state index contributed by atoms with van der Waals surface area (Å²) in [6, 6.07) is 22.3. The Labute approximate surface area is 151 Å². The van der Waals surface area contributed by atoms with Gasteiger partial charge in [0.25, 0.3) is 0 Å². The summed E-state index contributed by atoms with van der Waals surface area (Å²) in [7, 11) is 0. The number of benzene rings is 3. The zero-order valence-corrected chi connectivity index (χ0v) is 14.1. The average molecular weight is 352 g/mol. The largest absolute Gasteiger partial charge is 0.457 e. The van der Waals surface area contributed by atoms with Gasteiger partial charge >= 0.3 is 0 Å². The number of hydrogen-bond donors (Lipinski definition) is 4. The highest BCUT2D eigenvalue weighted by atomic mass is 16.5. The van der Waals surface area contributed by atoms with E-state index in [9.17, 15) is 0 Å². The van der Waals surface area contributed by atoms with Gasteiger partial charge in [-0.1, -0.05) is 30.3 Å². The van der Waals surface area contributed by atoms with Crippen LogP contribution in [0.25, 0.3) is 0 Å². The molecule has 26 heavy (non-hydrogen) atoms. The van der Waals surface area contributed by atoms with Crippen molar-refractivity contribution in [2.75, 3.05) is 0 Å². The van der Waals surface area contributed by atoms with Crippen molar-refractivity contribution in [1.82, 2.24) is 11.0 Å². The van der Waals surface area contributed by atoms with E-state index in [2.05, 4.69) is 11.0 Å². The van der Waals surface area contributed by atoms with Gasteiger partial charge in [-0.2, -0.15) is 0 Å². The third-order valence-corrected chi connectivity index (χ3v) is 3.69. The second-order valence-corrected chi connectivity index (χ2v) is 5.64. The van der Waals surface area contributed by atoms with E-state index in [1.807, 2.05) is 72.8 Å². The van der Waals surface area contributed by atoms with Gasteiger partial charge in [0.05, 0.1) is 0 Å². The first-order chi connectivity index (χ1) is 12.8. The summed E-state index contributed by atoms with van der Waals surface area (Å²) in [5.41, 5.74) is 6.15. The van der Waals surface area contributed by atoms with Crippen molar-refractivity contribution in [2.45, 2.75) is 13.1 Å². The van der Waals surface area contributed by atoms with Crippen LogP contribution < -0.4 is 20.4 Å². The molecule has 0 aliphatic rings. The fourth-order valence-electron chi connectivity index (χ4n) is 2.41. The fraction of sp³-hybridized carbons (Fsp3) is 0.100. The lowest BCUT2D eigenvalue weighted by Crippen LogP contribution is -2.05. The van der Waals surface area contributed by atoms with Crippen LogP contribution in [0.15, 0.2) is 72.8 Å². The minimum absolute atomic E-state index is 0.386. The molecule has 0 amide bonds. The first-order valence-electron chi connectivity index (χ1n) is 8.14. The van der Waals surface area contributed by atoms with Crippen LogP contribution in [0.3, 0.4) is 0 Å². The third kappa shape index (κ3) is 5.05. The van der Waals surface area contributed by atoms with E-state index in [0.29, 0.717) is 36.1 Å². The zero-order valence-electron chi connectivity index (χ0n) is 14.1. The molecule has 0 unspecified atom stereocenters. The average Bonchev–Trinajstić information content (AvgIpc) is 2.66. The van der Waals surface area contributed by atoms with E-state index in [1.54, 1.807) is 0 Å². The van der Waals surface area contributed by atoms with Crippen LogP contribution in [0.1, 0.15) is 11.1 Å². The molecule has 6 nitrogen and oxygen atoms in total. The summed E-state index contributed by atoms with van der Waals surface area (Å²) in [5.74, 6) is 2.72. The van der Waals surface area contributed by atoms with Gasteiger partial charge < -0.3 is 19.9 Å². The lowest BCUT2D eigenvalue weighted by Gasteiger charge is -2.10. The predicted molar refractivity (Wildman–Crippen MR) is 96.7 cm³/mol. The highest BCUT2D eigenvalue weighted by Gasteiger charge is 2.03. The summed E-state index contributed by atoms with van der Waals surface area (Å²) in [5, 5.41) is 17.4. The topological polar surface area (TPSA) is 83.0 Å². The molecule has 6 heteroatoms. The molecule has 4 N–H and O–H groups in total. The molecule has 0 spiro atoms. The molecule has 0 atom stereocenters. The molecule has 0 saturated carbocycles. The van der Waals surface area contributed by atoms with Crippen LogP contribution in [-0.4, -0.2) is 10.4 Å². The van der Waals surface area contributed by atoms with E-state index in [4.69, 9.17) is 19.9 Å². The van der Waals surface area contributed by atoms with Gasteiger partial charge in [-0.15, -0.1) is 0 Å². The standard InChI is InChI=1S/C20H20N2O4/c23-21-13-15-4-8-17(9-5-15)25-19-2-1-3-20(12-19)26-18-10-6-16(7-11-18)14-22-24/h1-12,21-24H,13-14H2. The molecular weight excluding hydrogens is 332 g/mol. The Morgan fingerprint density at radius 1 is 0.577 bits per heavy atom. The van der Waals surface area contributed by atoms with Gasteiger partial charge in [0.2, 0.25) is 0 Å². The van der Waals surface area contributed by atoms with Crippen LogP contribution >= 0.6 is 0 Å². The monoisotopic (exact) mass is 352 g/mol. The Kier molecular flexibility index (Phi) is 6.19. The summed E-state index contributed by atoms with van der Waals surface area (Å²) in [4.78, 5) is 0. The van der Waals surface area contributed by atoms with Crippen LogP contribution in [0.2, 0.25) is 0 Å². The molecule has 3 rings (SSSR count). The van der Waals surface area contributed by atoms with Gasteiger partial charge in [-0.25, -0.2) is 11.0 Å². The van der Waals surface area contributed by atoms with Crippen molar-refractivity contribution < 1.29 is 19.9 Å². The first-order valence-corrected chi connectivity index (χ1v) is 8.14. The van der Waals surface area contributed by atoms with Gasteiger partial charge in [0.15, 0.2) is 0 Å². The van der Waals surface area contributed by atoms with Crippen LogP contribution in [0.5, 0.6) is 23.0 Å². The Hall–Kier alpha value is -2.90. The van der Waals surface area contributed by atoms with Crippen LogP contribution in [0.4, 0.5) is 0 Å². The number of ether oxygens (including phenoxy) is 2. The highest BCUT2D eigenvalue weighted by Crippen LogP contribution is 2.28. The maximum Gasteiger partial charge on any atom is 0.131 e. The molecule has 0 bridgehead atoms. The molecule has 0 radical (unpaired) electrons. The summed E-state index contributed by atoms with van der Waals surface area (Å²) in [6.45, 7) is 0.771. The van der Waals surface area contributed by atoms with E-state index in [1.165, 1.54) is 0 Å². The molecule has 134 valence electrons. The smallest absolute Gasteiger partial charge is 0.131 e. The van der Waals surface area contributed by atoms with Crippen molar-refractivity contribution in [3.05, 3.63) is 83.9 Å². The lowest BCUT2D eigenvalue weighted by molar-refractivity contribution is 0.161. The SMILES string of the molecule is ONCc1ccc(Oc2cccc(Oc3ccc(CNO)cc3)c2)cc1. The summed E-state index contributed by atoms with van der Waals surface area (Å²) in [6.07, 6.45) is 0. The van der Waals surface area contributed by atoms with Crippen molar-refractivity contribution in [3.63, 3.8) is 0 Å². The molecule has 0 aliphatic heterocycles. The zero-order chi connectivity index (χ0) is 18.2. The molecular formula is C20H20N2O4. The maximum atomic E-state index is 8.71. The minimum Gasteiger partial charge on any atom is -0.457 e. The number of hydrogen-bond acceptors (Lipinski definition) is 6. The van der Waals surface area contributed by atoms with Crippen LogP contribution in [0, 0.1) is 0 Å². The van der Waals surface area contributed by atoms with Gasteiger partial charge in [0.1, 0.15) is 23.0 Å². The van der Waals surface area contributed by atoms with Gasteiger partial charge in [0, 0.05) is 19.2 Å². The maximum absolute atomic E-state index is 8.71. The fourth-order valence-corrected chi connectivity index (χ4v) is 2.41. The molecule has 0 aromatic heterocycles. The van der Waals surface area contributed by atoms with Crippen molar-refractivity contribution in [3.8, 4) is 23.0 Å². The van der Waals surface area contributed by atoms with E-state index >= 15 is 0 Å². The number of rotatable bonds is 8.